The number of hydrogen-bond donors (Lipinski definition) is 1. The van der Waals surface area contributed by atoms with E-state index in [9.17, 15) is 0 Å². The molecule has 1 aliphatic heterocycles. The number of rotatable bonds is 0. The summed E-state index contributed by atoms with van der Waals surface area (Å²) < 4.78 is 0. The van der Waals surface area contributed by atoms with Gasteiger partial charge in [0, 0.05) is 6.54 Å². The fourth-order valence-corrected chi connectivity index (χ4v) is 1.42. The summed E-state index contributed by atoms with van der Waals surface area (Å²) in [5.41, 5.74) is 2.98. The Kier molecular flexibility index (Phi) is 3.60. The van der Waals surface area contributed by atoms with Gasteiger partial charge >= 0.3 is 29.6 Å². The Morgan fingerprint density at radius 2 is 1.82 bits per heavy atom. The van der Waals surface area contributed by atoms with E-state index in [0.717, 1.165) is 13.1 Å². The van der Waals surface area contributed by atoms with Crippen molar-refractivity contribution in [2.45, 2.75) is 13.0 Å². The average Bonchev–Trinajstić information content (AvgIpc) is 2.05. The van der Waals surface area contributed by atoms with Crippen molar-refractivity contribution >= 4 is 29.6 Å². The second kappa shape index (κ2) is 4.27. The fraction of sp³-hybridized carbons (Fsp3) is 0.333. The molecule has 1 aliphatic rings. The van der Waals surface area contributed by atoms with E-state index in [2.05, 4.69) is 29.6 Å². The Balaban J connectivity index is 0.000000605. The van der Waals surface area contributed by atoms with E-state index >= 15 is 0 Å². The van der Waals surface area contributed by atoms with Crippen LogP contribution in [0, 0.1) is 0 Å². The predicted molar refractivity (Wildman–Crippen MR) is 49.0 cm³/mol. The van der Waals surface area contributed by atoms with Crippen LogP contribution >= 0.6 is 0 Å². The molecule has 54 valence electrons. The maximum Gasteiger partial charge on any atom is 0.0208 e. The standard InChI is InChI=1S/C9H11N.Na.H/c1-2-4-9-7-10-6-5-8(9)3-1;;/h1-4,10H,5-7H2;;. The van der Waals surface area contributed by atoms with Crippen molar-refractivity contribution in [2.24, 2.45) is 0 Å². The van der Waals surface area contributed by atoms with Crippen molar-refractivity contribution in [3.05, 3.63) is 35.4 Å². The van der Waals surface area contributed by atoms with Gasteiger partial charge < -0.3 is 5.32 Å². The van der Waals surface area contributed by atoms with Crippen LogP contribution in [-0.2, 0) is 13.0 Å². The maximum absolute atomic E-state index is 3.34. The van der Waals surface area contributed by atoms with Gasteiger partial charge in [0.1, 0.15) is 0 Å². The summed E-state index contributed by atoms with van der Waals surface area (Å²) in [5, 5.41) is 3.34. The summed E-state index contributed by atoms with van der Waals surface area (Å²) in [6, 6.07) is 8.63. The van der Waals surface area contributed by atoms with Crippen LogP contribution in [0.25, 0.3) is 0 Å². The third-order valence-corrected chi connectivity index (χ3v) is 2.00. The summed E-state index contributed by atoms with van der Waals surface area (Å²) in [6.45, 7) is 2.19. The number of nitrogens with one attached hydrogen (secondary N) is 1. The molecule has 1 aromatic rings. The molecule has 0 saturated carbocycles. The van der Waals surface area contributed by atoms with Gasteiger partial charge in [-0.2, -0.15) is 0 Å². The Bertz CT molecular complexity index is 210. The van der Waals surface area contributed by atoms with Crippen LogP contribution in [0.3, 0.4) is 0 Å². The van der Waals surface area contributed by atoms with E-state index in [0.29, 0.717) is 0 Å². The van der Waals surface area contributed by atoms with Gasteiger partial charge in [-0.1, -0.05) is 24.3 Å². The molecule has 1 nitrogen and oxygen atoms in total. The summed E-state index contributed by atoms with van der Waals surface area (Å²) >= 11 is 0. The first-order valence-corrected chi connectivity index (χ1v) is 3.74. The molecule has 0 bridgehead atoms. The van der Waals surface area contributed by atoms with E-state index in [4.69, 9.17) is 0 Å². The molecule has 0 atom stereocenters. The van der Waals surface area contributed by atoms with Crippen LogP contribution < -0.4 is 5.32 Å². The van der Waals surface area contributed by atoms with E-state index in [1.54, 1.807) is 0 Å². The molecule has 1 heterocycles. The molecular formula is C9H12NNa. The van der Waals surface area contributed by atoms with Gasteiger partial charge in [0.25, 0.3) is 0 Å². The first-order valence-electron chi connectivity index (χ1n) is 3.74. The van der Waals surface area contributed by atoms with E-state index in [-0.39, 0.29) is 29.6 Å². The van der Waals surface area contributed by atoms with Crippen molar-refractivity contribution < 1.29 is 0 Å². The van der Waals surface area contributed by atoms with Gasteiger partial charge in [0.15, 0.2) is 0 Å². The molecule has 2 rings (SSSR count). The minimum atomic E-state index is 0. The van der Waals surface area contributed by atoms with Crippen LogP contribution in [0.5, 0.6) is 0 Å². The molecule has 2 heteroatoms. The Morgan fingerprint density at radius 1 is 1.09 bits per heavy atom. The number of fused-ring (bicyclic) bond motifs is 1. The molecule has 0 amide bonds. The molecule has 0 unspecified atom stereocenters. The molecule has 1 aromatic carbocycles. The second-order valence-electron chi connectivity index (χ2n) is 2.70. The van der Waals surface area contributed by atoms with Crippen LogP contribution in [0.4, 0.5) is 0 Å². The molecule has 0 fully saturated rings. The van der Waals surface area contributed by atoms with E-state index in [1.165, 1.54) is 17.5 Å². The topological polar surface area (TPSA) is 12.0 Å². The number of hydrogen-bond acceptors (Lipinski definition) is 1. The molecule has 0 aliphatic carbocycles. The quantitative estimate of drug-likeness (QED) is 0.546. The summed E-state index contributed by atoms with van der Waals surface area (Å²) in [4.78, 5) is 0. The van der Waals surface area contributed by atoms with Gasteiger partial charge in [-0.05, 0) is 24.1 Å². The normalized spacial score (nSPS) is 14.9. The molecule has 11 heavy (non-hydrogen) atoms. The van der Waals surface area contributed by atoms with Crippen molar-refractivity contribution in [2.75, 3.05) is 6.54 Å². The largest absolute Gasteiger partial charge is 0.312 e. The molecule has 1 N–H and O–H groups in total. The minimum absolute atomic E-state index is 0. The van der Waals surface area contributed by atoms with Gasteiger partial charge in [0.05, 0.1) is 0 Å². The Morgan fingerprint density at radius 3 is 2.55 bits per heavy atom. The zero-order valence-corrected chi connectivity index (χ0v) is 5.93. The maximum atomic E-state index is 3.34. The van der Waals surface area contributed by atoms with Crippen LogP contribution in [0.2, 0.25) is 0 Å². The number of benzene rings is 1. The van der Waals surface area contributed by atoms with Gasteiger partial charge in [-0.15, -0.1) is 0 Å². The average molecular weight is 157 g/mol. The summed E-state index contributed by atoms with van der Waals surface area (Å²) in [5.74, 6) is 0. The predicted octanol–water partition coefficient (Wildman–Crippen LogP) is 0.684. The van der Waals surface area contributed by atoms with Crippen molar-refractivity contribution in [3.63, 3.8) is 0 Å². The van der Waals surface area contributed by atoms with Crippen LogP contribution in [0.15, 0.2) is 24.3 Å². The molecule has 0 saturated heterocycles. The fourth-order valence-electron chi connectivity index (χ4n) is 1.42. The third-order valence-electron chi connectivity index (χ3n) is 2.00. The monoisotopic (exact) mass is 157 g/mol. The molecular weight excluding hydrogens is 145 g/mol. The zero-order chi connectivity index (χ0) is 6.81. The summed E-state index contributed by atoms with van der Waals surface area (Å²) in [6.07, 6.45) is 1.19. The first-order chi connectivity index (χ1) is 4.97. The second-order valence-corrected chi connectivity index (χ2v) is 2.70. The third kappa shape index (κ3) is 2.06. The van der Waals surface area contributed by atoms with Crippen LogP contribution in [-0.4, -0.2) is 36.1 Å². The van der Waals surface area contributed by atoms with Crippen molar-refractivity contribution in [1.82, 2.24) is 5.32 Å². The Hall–Kier alpha value is 0.180. The van der Waals surface area contributed by atoms with Gasteiger partial charge in [-0.25, -0.2) is 0 Å². The minimum Gasteiger partial charge on any atom is -0.312 e. The van der Waals surface area contributed by atoms with Gasteiger partial charge in [-0.3, -0.25) is 0 Å². The SMILES string of the molecule is [NaH].c1ccc2c(c1)CCNC2. The summed E-state index contributed by atoms with van der Waals surface area (Å²) in [7, 11) is 0. The van der Waals surface area contributed by atoms with E-state index < -0.39 is 0 Å². The molecule has 0 spiro atoms. The molecule has 0 radical (unpaired) electrons. The zero-order valence-electron chi connectivity index (χ0n) is 5.93. The first kappa shape index (κ1) is 9.27. The van der Waals surface area contributed by atoms with E-state index in [1.807, 2.05) is 0 Å². The smallest absolute Gasteiger partial charge is 0.0208 e. The van der Waals surface area contributed by atoms with Crippen LogP contribution in [0.1, 0.15) is 11.1 Å². The Labute approximate surface area is 89.5 Å². The van der Waals surface area contributed by atoms with Crippen molar-refractivity contribution in [1.29, 1.82) is 0 Å². The van der Waals surface area contributed by atoms with Crippen molar-refractivity contribution in [3.8, 4) is 0 Å². The van der Waals surface area contributed by atoms with Gasteiger partial charge in [0.2, 0.25) is 0 Å². The molecule has 0 aromatic heterocycles.